The molecule has 0 amide bonds. The molecule has 1 aliphatic rings. The van der Waals surface area contributed by atoms with E-state index in [1.807, 2.05) is 0 Å². The van der Waals surface area contributed by atoms with Crippen molar-refractivity contribution in [3.8, 4) is 34.5 Å². The van der Waals surface area contributed by atoms with Crippen LogP contribution < -0.4 is 28.4 Å². The Balaban J connectivity index is 2.66. The molecule has 2 aromatic rings. The summed E-state index contributed by atoms with van der Waals surface area (Å²) in [5.41, 5.74) is -1.32. The van der Waals surface area contributed by atoms with E-state index in [1.54, 1.807) is 20.8 Å². The van der Waals surface area contributed by atoms with Crippen molar-refractivity contribution in [2.75, 3.05) is 7.11 Å². The number of methoxy groups -OCH3 is 1. The summed E-state index contributed by atoms with van der Waals surface area (Å²) in [7, 11) is 1.29. The van der Waals surface area contributed by atoms with Gasteiger partial charge in [0.2, 0.25) is 0 Å². The van der Waals surface area contributed by atoms with Gasteiger partial charge in [0.15, 0.2) is 28.8 Å². The summed E-state index contributed by atoms with van der Waals surface area (Å²) in [5, 5.41) is 0. The predicted molar refractivity (Wildman–Crippen MR) is 175 cm³/mol. The van der Waals surface area contributed by atoms with Gasteiger partial charge in [0, 0.05) is 76.1 Å². The van der Waals surface area contributed by atoms with Gasteiger partial charge in [-0.25, -0.2) is 0 Å². The van der Waals surface area contributed by atoms with Gasteiger partial charge in [-0.3, -0.25) is 33.6 Å². The lowest BCUT2D eigenvalue weighted by Crippen LogP contribution is -2.49. The fourth-order valence-corrected chi connectivity index (χ4v) is 5.86. The molecule has 2 aromatic carbocycles. The normalized spacial score (nSPS) is 14.3. The van der Waals surface area contributed by atoms with Crippen molar-refractivity contribution >= 4 is 41.4 Å². The highest BCUT2D eigenvalue weighted by Gasteiger charge is 2.45. The molecule has 0 fully saturated rings. The second-order valence-electron chi connectivity index (χ2n) is 12.3. The monoisotopic (exact) mass is 698 g/mol. The minimum atomic E-state index is -1.20. The molecule has 0 N–H and O–H groups in total. The van der Waals surface area contributed by atoms with Crippen molar-refractivity contribution in [1.29, 1.82) is 0 Å². The maximum Gasteiger partial charge on any atom is 0.308 e. The molecular formula is C36H42O14. The fraction of sp³-hybridized carbons (Fsp3) is 0.472. The van der Waals surface area contributed by atoms with E-state index in [0.29, 0.717) is 6.42 Å². The van der Waals surface area contributed by atoms with Crippen LogP contribution in [-0.4, -0.2) is 60.2 Å². The summed E-state index contributed by atoms with van der Waals surface area (Å²) in [6.07, 6.45) is -1.07. The zero-order chi connectivity index (χ0) is 37.8. The van der Waals surface area contributed by atoms with Crippen LogP contribution in [-0.2, 0) is 41.6 Å². The van der Waals surface area contributed by atoms with E-state index in [2.05, 4.69) is 0 Å². The lowest BCUT2D eigenvalue weighted by molar-refractivity contribution is -0.158. The number of rotatable bonds is 12. The maximum absolute atomic E-state index is 14.0. The molecule has 270 valence electrons. The summed E-state index contributed by atoms with van der Waals surface area (Å²) < 4.78 is 40.2. The van der Waals surface area contributed by atoms with Crippen molar-refractivity contribution in [3.63, 3.8) is 0 Å². The van der Waals surface area contributed by atoms with Crippen LogP contribution in [0.3, 0.4) is 0 Å². The third-order valence-electron chi connectivity index (χ3n) is 7.72. The summed E-state index contributed by atoms with van der Waals surface area (Å²) in [4.78, 5) is 89.3. The van der Waals surface area contributed by atoms with Crippen LogP contribution in [0.15, 0.2) is 0 Å². The molecule has 0 bridgehead atoms. The second-order valence-corrected chi connectivity index (χ2v) is 12.3. The first-order valence-electron chi connectivity index (χ1n) is 15.8. The lowest BCUT2D eigenvalue weighted by atomic mass is 9.84. The molecule has 1 aliphatic heterocycles. The Hall–Kier alpha value is -5.27. The zero-order valence-electron chi connectivity index (χ0n) is 30.1. The predicted octanol–water partition coefficient (Wildman–Crippen LogP) is 5.13. The van der Waals surface area contributed by atoms with Crippen LogP contribution in [0, 0.1) is 6.92 Å². The Kier molecular flexibility index (Phi) is 12.2. The van der Waals surface area contributed by atoms with E-state index in [4.69, 9.17) is 33.2 Å². The van der Waals surface area contributed by atoms with Crippen LogP contribution in [0.4, 0.5) is 0 Å². The van der Waals surface area contributed by atoms with E-state index < -0.39 is 59.5 Å². The van der Waals surface area contributed by atoms with Crippen LogP contribution in [0.2, 0.25) is 0 Å². The largest absolute Gasteiger partial charge is 0.496 e. The average molecular weight is 699 g/mol. The Bertz CT molecular complexity index is 1780. The Morgan fingerprint density at radius 2 is 1.18 bits per heavy atom. The van der Waals surface area contributed by atoms with Crippen molar-refractivity contribution < 1.29 is 66.7 Å². The van der Waals surface area contributed by atoms with Gasteiger partial charge >= 0.3 is 29.8 Å². The highest BCUT2D eigenvalue weighted by molar-refractivity contribution is 6.05. The smallest absolute Gasteiger partial charge is 0.308 e. The number of esters is 5. The molecule has 1 atom stereocenters. The van der Waals surface area contributed by atoms with Gasteiger partial charge in [-0.2, -0.15) is 0 Å². The fourth-order valence-electron chi connectivity index (χ4n) is 5.86. The first kappa shape index (κ1) is 39.2. The third-order valence-corrected chi connectivity index (χ3v) is 7.72. The van der Waals surface area contributed by atoms with E-state index >= 15 is 0 Å². The number of benzene rings is 2. The second kappa shape index (κ2) is 15.5. The number of ether oxygens (including phenoxy) is 7. The van der Waals surface area contributed by atoms with Crippen molar-refractivity contribution in [1.82, 2.24) is 0 Å². The van der Waals surface area contributed by atoms with Gasteiger partial charge in [-0.1, -0.05) is 6.92 Å². The number of carbonyl (C=O) groups is 7. The molecule has 50 heavy (non-hydrogen) atoms. The summed E-state index contributed by atoms with van der Waals surface area (Å²) in [6.45, 7) is 13.4. The lowest BCUT2D eigenvalue weighted by Gasteiger charge is -2.41. The number of carbonyl (C=O) groups excluding carboxylic acids is 7. The molecule has 1 unspecified atom stereocenters. The number of ketones is 2. The van der Waals surface area contributed by atoms with Gasteiger partial charge in [0.1, 0.15) is 40.1 Å². The van der Waals surface area contributed by atoms with Crippen molar-refractivity contribution in [3.05, 3.63) is 33.4 Å². The number of hydrogen-bond acceptors (Lipinski definition) is 14. The van der Waals surface area contributed by atoms with E-state index in [-0.39, 0.29) is 80.7 Å². The highest BCUT2D eigenvalue weighted by Crippen LogP contribution is 2.53. The molecule has 0 spiro atoms. The molecule has 0 radical (unpaired) electrons. The Morgan fingerprint density at radius 1 is 0.700 bits per heavy atom. The average Bonchev–Trinajstić information content (AvgIpc) is 2.96. The summed E-state index contributed by atoms with van der Waals surface area (Å²) in [6, 6.07) is 0. The third kappa shape index (κ3) is 8.29. The van der Waals surface area contributed by atoms with Crippen LogP contribution in [0.1, 0.15) is 118 Å². The van der Waals surface area contributed by atoms with E-state index in [1.165, 1.54) is 27.9 Å². The van der Waals surface area contributed by atoms with Gasteiger partial charge < -0.3 is 33.2 Å². The molecule has 14 nitrogen and oxygen atoms in total. The minimum absolute atomic E-state index is 0.000576. The van der Waals surface area contributed by atoms with Crippen molar-refractivity contribution in [2.24, 2.45) is 0 Å². The molecule has 1 heterocycles. The molecule has 3 rings (SSSR count). The van der Waals surface area contributed by atoms with Gasteiger partial charge in [-0.15, -0.1) is 0 Å². The number of fused-ring (bicyclic) bond motifs is 1. The van der Waals surface area contributed by atoms with Gasteiger partial charge in [-0.05, 0) is 34.1 Å². The van der Waals surface area contributed by atoms with Crippen molar-refractivity contribution in [2.45, 2.75) is 107 Å². The van der Waals surface area contributed by atoms with Gasteiger partial charge in [0.25, 0.3) is 0 Å². The molecule has 0 saturated carbocycles. The standard InChI is InChI=1S/C36H42O14/c1-12-13-26(43)29-34(49-22(8)42)24(32(47-20(6)40)25-15-27(45-18(4)38)36(9,10)50-35(25)29)14-23-30(44-11)16(2)31(46-19(5)39)28(17(3)37)33(23)48-21(7)41/h27H,12-15H2,1-11H3. The Labute approximate surface area is 289 Å². The van der Waals surface area contributed by atoms with Gasteiger partial charge in [0.05, 0.1) is 7.11 Å². The molecule has 0 aromatic heterocycles. The number of hydrogen-bond donors (Lipinski definition) is 0. The molecular weight excluding hydrogens is 656 g/mol. The number of Topliss-reactive ketones (excluding diaryl/α,β-unsaturated/α-hetero) is 2. The molecule has 0 saturated heterocycles. The Morgan fingerprint density at radius 3 is 1.64 bits per heavy atom. The maximum atomic E-state index is 14.0. The topological polar surface area (TPSA) is 184 Å². The molecule has 0 aliphatic carbocycles. The quantitative estimate of drug-likeness (QED) is 0.161. The SMILES string of the molecule is CCCC(=O)c1c(OC(C)=O)c(Cc2c(OC)c(C)c(OC(C)=O)c(C(C)=O)c2OC(C)=O)c(OC(C)=O)c2c1OC(C)(C)C(OC(C)=O)C2. The molecule has 14 heteroatoms. The van der Waals surface area contributed by atoms with Crippen LogP contribution in [0.5, 0.6) is 34.5 Å². The van der Waals surface area contributed by atoms with Crippen LogP contribution >= 0.6 is 0 Å². The first-order valence-corrected chi connectivity index (χ1v) is 15.8. The first-order chi connectivity index (χ1) is 23.2. The highest BCUT2D eigenvalue weighted by atomic mass is 16.6. The summed E-state index contributed by atoms with van der Waals surface area (Å²) in [5.74, 6) is -6.09. The summed E-state index contributed by atoms with van der Waals surface area (Å²) >= 11 is 0. The van der Waals surface area contributed by atoms with E-state index in [0.717, 1.165) is 27.7 Å². The van der Waals surface area contributed by atoms with E-state index in [9.17, 15) is 33.6 Å². The minimum Gasteiger partial charge on any atom is -0.496 e. The zero-order valence-corrected chi connectivity index (χ0v) is 30.1. The van der Waals surface area contributed by atoms with Crippen LogP contribution in [0.25, 0.3) is 0 Å².